The van der Waals surface area contributed by atoms with E-state index in [-0.39, 0.29) is 11.4 Å². The highest BCUT2D eigenvalue weighted by atomic mass is 19.1. The van der Waals surface area contributed by atoms with Gasteiger partial charge in [-0.15, -0.1) is 0 Å². The van der Waals surface area contributed by atoms with Crippen LogP contribution in [0.5, 0.6) is 0 Å². The molecule has 2 N–H and O–H groups in total. The van der Waals surface area contributed by atoms with Gasteiger partial charge in [0.05, 0.1) is 5.56 Å². The normalized spacial score (nSPS) is 10.1. The van der Waals surface area contributed by atoms with Crippen LogP contribution in [0.3, 0.4) is 0 Å². The molecule has 5 heteroatoms. The minimum atomic E-state index is -0.608. The number of hydrogen-bond acceptors (Lipinski definition) is 3. The van der Waals surface area contributed by atoms with Gasteiger partial charge in [-0.1, -0.05) is 19.8 Å². The van der Waals surface area contributed by atoms with Crippen LogP contribution in [0, 0.1) is 5.82 Å². The van der Waals surface area contributed by atoms with Crippen LogP contribution < -0.4 is 10.6 Å². The molecule has 0 aliphatic carbocycles. The van der Waals surface area contributed by atoms with Gasteiger partial charge in [0, 0.05) is 19.8 Å². The highest BCUT2D eigenvalue weighted by Gasteiger charge is 2.14. The van der Waals surface area contributed by atoms with Gasteiger partial charge in [-0.05, 0) is 12.5 Å². The van der Waals surface area contributed by atoms with E-state index in [9.17, 15) is 9.18 Å². The Kier molecular flexibility index (Phi) is 5.39. The molecular weight excluding hydrogens is 221 g/mol. The highest BCUT2D eigenvalue weighted by Crippen LogP contribution is 2.14. The van der Waals surface area contributed by atoms with E-state index >= 15 is 0 Å². The van der Waals surface area contributed by atoms with Crippen molar-refractivity contribution >= 4 is 11.7 Å². The lowest BCUT2D eigenvalue weighted by Gasteiger charge is -2.07. The Balaban J connectivity index is 2.62. The van der Waals surface area contributed by atoms with Crippen LogP contribution in [-0.2, 0) is 0 Å². The first-order chi connectivity index (χ1) is 8.20. The lowest BCUT2D eigenvalue weighted by atomic mass is 10.2. The van der Waals surface area contributed by atoms with Crippen molar-refractivity contribution in [2.24, 2.45) is 0 Å². The number of nitrogens with one attached hydrogen (secondary N) is 2. The number of hydrogen-bond donors (Lipinski definition) is 2. The van der Waals surface area contributed by atoms with E-state index in [0.29, 0.717) is 6.54 Å². The first kappa shape index (κ1) is 13.4. The maximum atomic E-state index is 13.7. The molecule has 1 amide bonds. The molecule has 0 saturated heterocycles. The number of rotatable bonds is 6. The maximum Gasteiger partial charge on any atom is 0.254 e. The van der Waals surface area contributed by atoms with Gasteiger partial charge in [0.2, 0.25) is 0 Å². The maximum absolute atomic E-state index is 13.7. The van der Waals surface area contributed by atoms with E-state index in [0.717, 1.165) is 19.3 Å². The molecule has 4 nitrogen and oxygen atoms in total. The number of amides is 1. The van der Waals surface area contributed by atoms with Gasteiger partial charge in [-0.3, -0.25) is 4.79 Å². The first-order valence-electron chi connectivity index (χ1n) is 5.81. The van der Waals surface area contributed by atoms with Crippen molar-refractivity contribution in [3.63, 3.8) is 0 Å². The third kappa shape index (κ3) is 3.69. The minimum absolute atomic E-state index is 0.0286. The van der Waals surface area contributed by atoms with Gasteiger partial charge in [-0.2, -0.15) is 0 Å². The van der Waals surface area contributed by atoms with Crippen molar-refractivity contribution in [1.82, 2.24) is 10.3 Å². The molecule has 17 heavy (non-hydrogen) atoms. The zero-order valence-corrected chi connectivity index (χ0v) is 10.2. The summed E-state index contributed by atoms with van der Waals surface area (Å²) in [4.78, 5) is 15.5. The zero-order valence-electron chi connectivity index (χ0n) is 10.2. The molecule has 0 fully saturated rings. The highest BCUT2D eigenvalue weighted by molar-refractivity contribution is 5.95. The molecule has 1 aromatic heterocycles. The number of carbonyl (C=O) groups is 1. The van der Waals surface area contributed by atoms with Crippen LogP contribution in [0.25, 0.3) is 0 Å². The molecule has 1 rings (SSSR count). The smallest absolute Gasteiger partial charge is 0.254 e. The van der Waals surface area contributed by atoms with E-state index in [1.807, 2.05) is 0 Å². The molecular formula is C12H18FN3O. The van der Waals surface area contributed by atoms with Crippen molar-refractivity contribution in [2.45, 2.75) is 26.2 Å². The van der Waals surface area contributed by atoms with Crippen LogP contribution >= 0.6 is 0 Å². The molecule has 0 atom stereocenters. The van der Waals surface area contributed by atoms with Crippen molar-refractivity contribution in [2.75, 3.05) is 18.9 Å². The van der Waals surface area contributed by atoms with E-state index in [4.69, 9.17) is 0 Å². The Morgan fingerprint density at radius 1 is 1.47 bits per heavy atom. The molecule has 0 unspecified atom stereocenters. The Hall–Kier alpha value is -1.65. The Morgan fingerprint density at radius 3 is 2.88 bits per heavy atom. The van der Waals surface area contributed by atoms with Crippen LogP contribution in [0.2, 0.25) is 0 Å². The summed E-state index contributed by atoms with van der Waals surface area (Å²) in [5.74, 6) is -0.910. The third-order valence-electron chi connectivity index (χ3n) is 2.44. The molecule has 0 radical (unpaired) electrons. The predicted octanol–water partition coefficient (Wildman–Crippen LogP) is 2.18. The average molecular weight is 239 g/mol. The Bertz CT molecular complexity index is 382. The summed E-state index contributed by atoms with van der Waals surface area (Å²) in [5.41, 5.74) is 0.0286. The Labute approximate surface area is 101 Å². The van der Waals surface area contributed by atoms with Crippen molar-refractivity contribution < 1.29 is 9.18 Å². The van der Waals surface area contributed by atoms with E-state index < -0.39 is 11.7 Å². The second kappa shape index (κ2) is 6.83. The van der Waals surface area contributed by atoms with E-state index in [2.05, 4.69) is 22.5 Å². The lowest BCUT2D eigenvalue weighted by Crippen LogP contribution is -2.25. The van der Waals surface area contributed by atoms with Crippen LogP contribution in [0.15, 0.2) is 12.3 Å². The molecule has 0 spiro atoms. The largest absolute Gasteiger partial charge is 0.371 e. The molecule has 0 aliphatic heterocycles. The third-order valence-corrected chi connectivity index (χ3v) is 2.44. The van der Waals surface area contributed by atoms with Gasteiger partial charge < -0.3 is 10.6 Å². The first-order valence-corrected chi connectivity index (χ1v) is 5.81. The van der Waals surface area contributed by atoms with Crippen LogP contribution in [0.4, 0.5) is 10.2 Å². The monoisotopic (exact) mass is 239 g/mol. The van der Waals surface area contributed by atoms with Crippen molar-refractivity contribution in [3.05, 3.63) is 23.6 Å². The summed E-state index contributed by atoms with van der Waals surface area (Å²) in [5, 5.41) is 5.29. The summed E-state index contributed by atoms with van der Waals surface area (Å²) in [6.45, 7) is 2.66. The predicted molar refractivity (Wildman–Crippen MR) is 65.6 cm³/mol. The SMILES string of the molecule is CCCCCNC(=O)c1ccnc(NC)c1F. The van der Waals surface area contributed by atoms with Crippen molar-refractivity contribution in [1.29, 1.82) is 0 Å². The van der Waals surface area contributed by atoms with Gasteiger partial charge in [-0.25, -0.2) is 9.37 Å². The number of unbranched alkanes of at least 4 members (excludes halogenated alkanes) is 2. The fourth-order valence-corrected chi connectivity index (χ4v) is 1.47. The number of pyridine rings is 1. The summed E-state index contributed by atoms with van der Waals surface area (Å²) in [7, 11) is 1.56. The number of nitrogens with zero attached hydrogens (tertiary/aromatic N) is 1. The van der Waals surface area contributed by atoms with Gasteiger partial charge >= 0.3 is 0 Å². The quantitative estimate of drug-likeness (QED) is 0.748. The molecule has 1 aromatic rings. The Morgan fingerprint density at radius 2 is 2.24 bits per heavy atom. The summed E-state index contributed by atoms with van der Waals surface area (Å²) in [6, 6.07) is 1.38. The molecule has 1 heterocycles. The fourth-order valence-electron chi connectivity index (χ4n) is 1.47. The number of halogens is 1. The van der Waals surface area contributed by atoms with E-state index in [1.54, 1.807) is 7.05 Å². The number of anilines is 1. The number of aromatic nitrogens is 1. The molecule has 0 aromatic carbocycles. The van der Waals surface area contributed by atoms with Gasteiger partial charge in [0.25, 0.3) is 5.91 Å². The van der Waals surface area contributed by atoms with Crippen LogP contribution in [0.1, 0.15) is 36.5 Å². The molecule has 94 valence electrons. The molecule has 0 saturated carbocycles. The average Bonchev–Trinajstić information content (AvgIpc) is 2.34. The topological polar surface area (TPSA) is 54.0 Å². The van der Waals surface area contributed by atoms with Crippen LogP contribution in [-0.4, -0.2) is 24.5 Å². The van der Waals surface area contributed by atoms with E-state index in [1.165, 1.54) is 12.3 Å². The number of carbonyl (C=O) groups excluding carboxylic acids is 1. The lowest BCUT2D eigenvalue weighted by molar-refractivity contribution is 0.0949. The standard InChI is InChI=1S/C12H18FN3O/c1-3-4-5-7-16-12(17)9-6-8-15-11(14-2)10(9)13/h6,8H,3-5,7H2,1-2H3,(H,14,15)(H,16,17). The second-order valence-electron chi connectivity index (χ2n) is 3.73. The fraction of sp³-hybridized carbons (Fsp3) is 0.500. The molecule has 0 aliphatic rings. The minimum Gasteiger partial charge on any atom is -0.371 e. The zero-order chi connectivity index (χ0) is 12.7. The van der Waals surface area contributed by atoms with Gasteiger partial charge in [0.1, 0.15) is 0 Å². The van der Waals surface area contributed by atoms with Gasteiger partial charge in [0.15, 0.2) is 11.6 Å². The summed E-state index contributed by atoms with van der Waals surface area (Å²) < 4.78 is 13.7. The second-order valence-corrected chi connectivity index (χ2v) is 3.73. The van der Waals surface area contributed by atoms with Crippen molar-refractivity contribution in [3.8, 4) is 0 Å². The summed E-state index contributed by atoms with van der Waals surface area (Å²) in [6.07, 6.45) is 4.47. The molecule has 0 bridgehead atoms. The summed E-state index contributed by atoms with van der Waals surface area (Å²) >= 11 is 0.